The van der Waals surface area contributed by atoms with Crippen molar-refractivity contribution in [1.29, 1.82) is 5.26 Å². The summed E-state index contributed by atoms with van der Waals surface area (Å²) in [4.78, 5) is 24.5. The fourth-order valence-corrected chi connectivity index (χ4v) is 5.64. The Labute approximate surface area is 294 Å². The molecule has 0 aliphatic carbocycles. The lowest BCUT2D eigenvalue weighted by molar-refractivity contribution is -0.135. The third kappa shape index (κ3) is 10.4. The Morgan fingerprint density at radius 3 is 1.33 bits per heavy atom. The normalized spacial score (nSPS) is 10.8. The summed E-state index contributed by atoms with van der Waals surface area (Å²) in [5.74, 6) is -2.89. The molecule has 0 aromatic heterocycles. The van der Waals surface area contributed by atoms with Gasteiger partial charge in [0.1, 0.15) is 34.8 Å². The Morgan fingerprint density at radius 1 is 0.490 bits per heavy atom. The second kappa shape index (κ2) is 17.8. The minimum Gasteiger partial charge on any atom is -0.426 e. The lowest BCUT2D eigenvalue weighted by Crippen LogP contribution is -2.08. The highest BCUT2D eigenvalue weighted by molar-refractivity contribution is 5.75. The zero-order valence-electron chi connectivity index (χ0n) is 27.8. The number of ether oxygens (including phenoxy) is 2. The first-order chi connectivity index (χ1) is 24.7. The molecule has 5 rings (SSSR count). The SMILES string of the molecule is N#Cc1ccc(-c2ccc(-c3ccc(OC(=O)CCCCCCCCCC(=O)Oc4ccc(-c5ccc(F)cc5)c(F)c4)cc3F)cc2F)cc1. The van der Waals surface area contributed by atoms with Crippen LogP contribution in [0.15, 0.2) is 103 Å². The minimum atomic E-state index is -0.648. The molecule has 0 bridgehead atoms. The molecule has 5 aromatic rings. The van der Waals surface area contributed by atoms with Gasteiger partial charge in [-0.25, -0.2) is 17.6 Å². The largest absolute Gasteiger partial charge is 0.426 e. The third-order valence-corrected chi connectivity index (χ3v) is 8.37. The van der Waals surface area contributed by atoms with Gasteiger partial charge in [0.2, 0.25) is 0 Å². The molecule has 0 spiro atoms. The highest BCUT2D eigenvalue weighted by Crippen LogP contribution is 2.31. The Morgan fingerprint density at radius 2 is 0.882 bits per heavy atom. The number of hydrogen-bond donors (Lipinski definition) is 0. The quantitative estimate of drug-likeness (QED) is 0.0472. The van der Waals surface area contributed by atoms with Gasteiger partial charge in [-0.05, 0) is 84.1 Å². The predicted molar refractivity (Wildman–Crippen MR) is 187 cm³/mol. The molecule has 0 saturated heterocycles. The number of nitrogens with zero attached hydrogens (tertiary/aromatic N) is 1. The van der Waals surface area contributed by atoms with E-state index < -0.39 is 35.2 Å². The molecule has 0 N–H and O–H groups in total. The first kappa shape index (κ1) is 36.5. The maximum atomic E-state index is 14.9. The van der Waals surface area contributed by atoms with Crippen molar-refractivity contribution in [2.75, 3.05) is 0 Å². The number of carbonyl (C=O) groups is 2. The van der Waals surface area contributed by atoms with Crippen LogP contribution in [0.2, 0.25) is 0 Å². The lowest BCUT2D eigenvalue weighted by atomic mass is 9.98. The van der Waals surface area contributed by atoms with Gasteiger partial charge in [-0.1, -0.05) is 68.5 Å². The number of halogens is 4. The zero-order chi connectivity index (χ0) is 36.2. The van der Waals surface area contributed by atoms with Gasteiger partial charge in [0.05, 0.1) is 11.6 Å². The fourth-order valence-electron chi connectivity index (χ4n) is 5.64. The van der Waals surface area contributed by atoms with Crippen molar-refractivity contribution < 1.29 is 36.6 Å². The summed E-state index contributed by atoms with van der Waals surface area (Å²) in [5.41, 5.74) is 2.70. The van der Waals surface area contributed by atoms with Gasteiger partial charge in [-0.2, -0.15) is 5.26 Å². The second-order valence-electron chi connectivity index (χ2n) is 12.1. The van der Waals surface area contributed by atoms with Crippen LogP contribution in [0.1, 0.15) is 63.4 Å². The van der Waals surface area contributed by atoms with Crippen LogP contribution in [0.5, 0.6) is 11.5 Å². The number of unbranched alkanes of at least 4 members (excludes halogenated alkanes) is 6. The Kier molecular flexibility index (Phi) is 12.7. The molecule has 5 aromatic carbocycles. The maximum absolute atomic E-state index is 14.9. The standard InChI is InChI=1S/C42H35F4NO4/c43-32-17-14-30(15-18-32)36-22-19-33(25-39(36)45)50-41(48)8-6-4-2-1-3-5-7-9-42(49)51-34-20-23-37(40(46)26-34)31-16-21-35(38(44)24-31)29-12-10-28(27-47)11-13-29/h10-26H,1-9H2. The number of benzene rings is 5. The van der Waals surface area contributed by atoms with E-state index >= 15 is 0 Å². The number of nitriles is 1. The van der Waals surface area contributed by atoms with Crippen LogP contribution >= 0.6 is 0 Å². The summed E-state index contributed by atoms with van der Waals surface area (Å²) in [7, 11) is 0. The van der Waals surface area contributed by atoms with Crippen molar-refractivity contribution in [1.82, 2.24) is 0 Å². The Hall–Kier alpha value is -5.75. The van der Waals surface area contributed by atoms with Crippen molar-refractivity contribution in [2.45, 2.75) is 57.8 Å². The van der Waals surface area contributed by atoms with Gasteiger partial charge < -0.3 is 9.47 Å². The van der Waals surface area contributed by atoms with E-state index in [1.54, 1.807) is 36.4 Å². The van der Waals surface area contributed by atoms with Crippen LogP contribution < -0.4 is 9.47 Å². The van der Waals surface area contributed by atoms with E-state index in [0.29, 0.717) is 40.7 Å². The van der Waals surface area contributed by atoms with E-state index in [1.807, 2.05) is 6.07 Å². The summed E-state index contributed by atoms with van der Waals surface area (Å²) < 4.78 is 68.1. The van der Waals surface area contributed by atoms with Crippen molar-refractivity contribution in [3.63, 3.8) is 0 Å². The van der Waals surface area contributed by atoms with Crippen molar-refractivity contribution in [3.8, 4) is 50.9 Å². The smallest absolute Gasteiger partial charge is 0.311 e. The van der Waals surface area contributed by atoms with Crippen LogP contribution in [-0.4, -0.2) is 11.9 Å². The molecule has 260 valence electrons. The molecule has 0 radical (unpaired) electrons. The molecule has 0 unspecified atom stereocenters. The van der Waals surface area contributed by atoms with E-state index in [1.165, 1.54) is 54.6 Å². The van der Waals surface area contributed by atoms with Crippen molar-refractivity contribution >= 4 is 11.9 Å². The van der Waals surface area contributed by atoms with Crippen LogP contribution in [0.3, 0.4) is 0 Å². The van der Waals surface area contributed by atoms with Gasteiger partial charge in [0.15, 0.2) is 0 Å². The highest BCUT2D eigenvalue weighted by atomic mass is 19.1. The number of carbonyl (C=O) groups excluding carboxylic acids is 2. The Bertz CT molecular complexity index is 2020. The summed E-state index contributed by atoms with van der Waals surface area (Å²) in [6, 6.07) is 26.6. The average molecular weight is 694 g/mol. The minimum absolute atomic E-state index is 0.0709. The first-order valence-electron chi connectivity index (χ1n) is 16.8. The van der Waals surface area contributed by atoms with Crippen molar-refractivity contribution in [3.05, 3.63) is 132 Å². The highest BCUT2D eigenvalue weighted by Gasteiger charge is 2.14. The molecule has 0 atom stereocenters. The number of hydrogen-bond acceptors (Lipinski definition) is 5. The monoisotopic (exact) mass is 693 g/mol. The molecule has 0 aliphatic heterocycles. The average Bonchev–Trinajstić information content (AvgIpc) is 3.11. The Balaban J connectivity index is 0.952. The molecule has 0 fully saturated rings. The van der Waals surface area contributed by atoms with E-state index in [9.17, 15) is 27.2 Å². The van der Waals surface area contributed by atoms with Crippen LogP contribution in [-0.2, 0) is 9.59 Å². The number of esters is 2. The molecule has 0 saturated carbocycles. The third-order valence-electron chi connectivity index (χ3n) is 8.37. The van der Waals surface area contributed by atoms with E-state index in [-0.39, 0.29) is 35.5 Å². The van der Waals surface area contributed by atoms with E-state index in [0.717, 1.165) is 44.2 Å². The molecule has 0 heterocycles. The summed E-state index contributed by atoms with van der Waals surface area (Å²) >= 11 is 0. The topological polar surface area (TPSA) is 76.4 Å². The van der Waals surface area contributed by atoms with Crippen LogP contribution in [0.4, 0.5) is 17.6 Å². The molecular formula is C42H35F4NO4. The van der Waals surface area contributed by atoms with Crippen molar-refractivity contribution in [2.24, 2.45) is 0 Å². The maximum Gasteiger partial charge on any atom is 0.311 e. The second-order valence-corrected chi connectivity index (χ2v) is 12.1. The van der Waals surface area contributed by atoms with E-state index in [4.69, 9.17) is 14.7 Å². The van der Waals surface area contributed by atoms with Gasteiger partial charge in [0.25, 0.3) is 0 Å². The summed E-state index contributed by atoms with van der Waals surface area (Å²) in [6.45, 7) is 0. The zero-order valence-corrected chi connectivity index (χ0v) is 27.8. The molecule has 9 heteroatoms. The molecule has 0 amide bonds. The molecule has 5 nitrogen and oxygen atoms in total. The van der Waals surface area contributed by atoms with Gasteiger partial charge >= 0.3 is 11.9 Å². The predicted octanol–water partition coefficient (Wildman–Crippen LogP) is 11.1. The lowest BCUT2D eigenvalue weighted by Gasteiger charge is -2.10. The first-order valence-corrected chi connectivity index (χ1v) is 16.8. The van der Waals surface area contributed by atoms with E-state index in [2.05, 4.69) is 0 Å². The summed E-state index contributed by atoms with van der Waals surface area (Å²) in [5, 5.41) is 8.96. The van der Waals surface area contributed by atoms with Crippen LogP contribution in [0, 0.1) is 34.6 Å². The molecule has 51 heavy (non-hydrogen) atoms. The molecular weight excluding hydrogens is 658 g/mol. The summed E-state index contributed by atoms with van der Waals surface area (Å²) in [6.07, 6.45) is 6.02. The van der Waals surface area contributed by atoms with Crippen LogP contribution in [0.25, 0.3) is 33.4 Å². The van der Waals surface area contributed by atoms with Gasteiger partial charge in [-0.15, -0.1) is 0 Å². The number of rotatable bonds is 15. The van der Waals surface area contributed by atoms with Gasteiger partial charge in [-0.3, -0.25) is 9.59 Å². The fraction of sp³-hybridized carbons (Fsp3) is 0.214. The molecule has 0 aliphatic rings. The van der Waals surface area contributed by atoms with Gasteiger partial charge in [0, 0.05) is 41.7 Å².